The second kappa shape index (κ2) is 3.71. The Labute approximate surface area is 99.4 Å². The zero-order valence-corrected chi connectivity index (χ0v) is 10.8. The number of nitrogen functional groups attached to an aromatic ring is 1. The second-order valence-electron chi connectivity index (χ2n) is 5.00. The van der Waals surface area contributed by atoms with E-state index in [9.17, 15) is 0 Å². The standard InChI is InChI=1S/C12H17BrN2/c1-12(2)6-8(12)7-15-11-5-9(13)3-4-10(11)14/h3-5,8,15H,6-7,14H2,1-2H3. The van der Waals surface area contributed by atoms with E-state index < -0.39 is 0 Å². The lowest BCUT2D eigenvalue weighted by molar-refractivity contribution is 0.573. The average molecular weight is 269 g/mol. The van der Waals surface area contributed by atoms with E-state index >= 15 is 0 Å². The van der Waals surface area contributed by atoms with Crippen LogP contribution in [0.25, 0.3) is 0 Å². The van der Waals surface area contributed by atoms with E-state index in [4.69, 9.17) is 5.73 Å². The van der Waals surface area contributed by atoms with Gasteiger partial charge in [-0.15, -0.1) is 0 Å². The third-order valence-corrected chi connectivity index (χ3v) is 3.77. The number of hydrogen-bond donors (Lipinski definition) is 2. The van der Waals surface area contributed by atoms with E-state index in [0.29, 0.717) is 5.41 Å². The Morgan fingerprint density at radius 2 is 2.20 bits per heavy atom. The van der Waals surface area contributed by atoms with Crippen LogP contribution in [0.5, 0.6) is 0 Å². The zero-order chi connectivity index (χ0) is 11.1. The van der Waals surface area contributed by atoms with Crippen molar-refractivity contribution >= 4 is 27.3 Å². The molecular formula is C12H17BrN2. The van der Waals surface area contributed by atoms with Gasteiger partial charge < -0.3 is 11.1 Å². The molecule has 1 unspecified atom stereocenters. The molecule has 1 aromatic rings. The van der Waals surface area contributed by atoms with Gasteiger partial charge in [-0.25, -0.2) is 0 Å². The molecule has 3 N–H and O–H groups in total. The van der Waals surface area contributed by atoms with E-state index in [1.807, 2.05) is 18.2 Å². The number of hydrogen-bond acceptors (Lipinski definition) is 2. The molecule has 1 aliphatic carbocycles. The third kappa shape index (κ3) is 2.46. The van der Waals surface area contributed by atoms with Gasteiger partial charge in [0.1, 0.15) is 0 Å². The van der Waals surface area contributed by atoms with Gasteiger partial charge in [0.2, 0.25) is 0 Å². The molecule has 1 atom stereocenters. The fraction of sp³-hybridized carbons (Fsp3) is 0.500. The summed E-state index contributed by atoms with van der Waals surface area (Å²) >= 11 is 3.45. The molecule has 0 spiro atoms. The Morgan fingerprint density at radius 3 is 2.80 bits per heavy atom. The maximum atomic E-state index is 5.88. The fourth-order valence-corrected chi connectivity index (χ4v) is 2.20. The maximum absolute atomic E-state index is 5.88. The molecular weight excluding hydrogens is 252 g/mol. The predicted octanol–water partition coefficient (Wildman–Crippen LogP) is 3.49. The molecule has 0 amide bonds. The summed E-state index contributed by atoms with van der Waals surface area (Å²) < 4.78 is 1.06. The molecule has 3 heteroatoms. The summed E-state index contributed by atoms with van der Waals surface area (Å²) in [5.41, 5.74) is 8.25. The Morgan fingerprint density at radius 1 is 1.53 bits per heavy atom. The molecule has 0 saturated heterocycles. The van der Waals surface area contributed by atoms with E-state index in [0.717, 1.165) is 28.3 Å². The van der Waals surface area contributed by atoms with Crippen LogP contribution in [0.1, 0.15) is 20.3 Å². The van der Waals surface area contributed by atoms with Crippen molar-refractivity contribution in [3.8, 4) is 0 Å². The van der Waals surface area contributed by atoms with Crippen molar-refractivity contribution in [2.45, 2.75) is 20.3 Å². The molecule has 0 heterocycles. The average Bonchev–Trinajstić information content (AvgIpc) is 2.76. The SMILES string of the molecule is CC1(C)CC1CNc1cc(Br)ccc1N. The summed E-state index contributed by atoms with van der Waals surface area (Å²) in [5, 5.41) is 3.42. The van der Waals surface area contributed by atoms with Gasteiger partial charge in [-0.05, 0) is 36.0 Å². The van der Waals surface area contributed by atoms with Crippen molar-refractivity contribution in [2.24, 2.45) is 11.3 Å². The Kier molecular flexibility index (Phi) is 2.67. The van der Waals surface area contributed by atoms with Crippen LogP contribution in [-0.4, -0.2) is 6.54 Å². The van der Waals surface area contributed by atoms with Crippen molar-refractivity contribution in [3.63, 3.8) is 0 Å². The lowest BCUT2D eigenvalue weighted by Gasteiger charge is -2.10. The first-order chi connectivity index (χ1) is 6.99. The van der Waals surface area contributed by atoms with Crippen molar-refractivity contribution < 1.29 is 0 Å². The number of nitrogens with two attached hydrogens (primary N) is 1. The van der Waals surface area contributed by atoms with E-state index in [1.54, 1.807) is 0 Å². The van der Waals surface area contributed by atoms with Crippen LogP contribution >= 0.6 is 15.9 Å². The second-order valence-corrected chi connectivity index (χ2v) is 5.92. The normalized spacial score (nSPS) is 22.5. The van der Waals surface area contributed by atoms with Crippen molar-refractivity contribution in [3.05, 3.63) is 22.7 Å². The molecule has 1 aliphatic rings. The molecule has 0 aliphatic heterocycles. The molecule has 2 rings (SSSR count). The Balaban J connectivity index is 1.96. The van der Waals surface area contributed by atoms with Gasteiger partial charge in [0.15, 0.2) is 0 Å². The molecule has 0 bridgehead atoms. The number of rotatable bonds is 3. The van der Waals surface area contributed by atoms with Crippen LogP contribution in [0, 0.1) is 11.3 Å². The quantitative estimate of drug-likeness (QED) is 0.824. The highest BCUT2D eigenvalue weighted by atomic mass is 79.9. The first-order valence-corrected chi connectivity index (χ1v) is 6.07. The fourth-order valence-electron chi connectivity index (χ4n) is 1.84. The van der Waals surface area contributed by atoms with Crippen molar-refractivity contribution in [1.29, 1.82) is 0 Å². The van der Waals surface area contributed by atoms with Gasteiger partial charge in [0.05, 0.1) is 11.4 Å². The number of benzene rings is 1. The predicted molar refractivity (Wildman–Crippen MR) is 68.9 cm³/mol. The van der Waals surface area contributed by atoms with Crippen LogP contribution in [0.15, 0.2) is 22.7 Å². The first kappa shape index (κ1) is 10.8. The van der Waals surface area contributed by atoms with E-state index in [-0.39, 0.29) is 0 Å². The molecule has 1 aromatic carbocycles. The highest BCUT2D eigenvalue weighted by molar-refractivity contribution is 9.10. The summed E-state index contributed by atoms with van der Waals surface area (Å²) in [5.74, 6) is 0.788. The first-order valence-electron chi connectivity index (χ1n) is 5.28. The summed E-state index contributed by atoms with van der Waals surface area (Å²) in [6.45, 7) is 5.64. The summed E-state index contributed by atoms with van der Waals surface area (Å²) in [7, 11) is 0. The minimum Gasteiger partial charge on any atom is -0.397 e. The number of halogens is 1. The zero-order valence-electron chi connectivity index (χ0n) is 9.18. The lowest BCUT2D eigenvalue weighted by Crippen LogP contribution is -2.08. The lowest BCUT2D eigenvalue weighted by atomic mass is 10.1. The largest absolute Gasteiger partial charge is 0.397 e. The molecule has 15 heavy (non-hydrogen) atoms. The smallest absolute Gasteiger partial charge is 0.0585 e. The Bertz CT molecular complexity index is 374. The van der Waals surface area contributed by atoms with Crippen LogP contribution < -0.4 is 11.1 Å². The molecule has 2 nitrogen and oxygen atoms in total. The highest BCUT2D eigenvalue weighted by Gasteiger charge is 2.44. The van der Waals surface area contributed by atoms with Gasteiger partial charge in [0, 0.05) is 11.0 Å². The molecule has 1 fully saturated rings. The molecule has 1 saturated carbocycles. The van der Waals surface area contributed by atoms with Crippen LogP contribution in [-0.2, 0) is 0 Å². The summed E-state index contributed by atoms with van der Waals surface area (Å²) in [4.78, 5) is 0. The topological polar surface area (TPSA) is 38.0 Å². The molecule has 0 radical (unpaired) electrons. The minimum atomic E-state index is 0.522. The summed E-state index contributed by atoms with van der Waals surface area (Å²) in [6.07, 6.45) is 1.31. The van der Waals surface area contributed by atoms with E-state index in [2.05, 4.69) is 35.1 Å². The van der Waals surface area contributed by atoms with Crippen molar-refractivity contribution in [1.82, 2.24) is 0 Å². The highest BCUT2D eigenvalue weighted by Crippen LogP contribution is 2.51. The minimum absolute atomic E-state index is 0.522. The summed E-state index contributed by atoms with van der Waals surface area (Å²) in [6, 6.07) is 5.91. The van der Waals surface area contributed by atoms with Gasteiger partial charge in [-0.2, -0.15) is 0 Å². The van der Waals surface area contributed by atoms with Crippen molar-refractivity contribution in [2.75, 3.05) is 17.6 Å². The van der Waals surface area contributed by atoms with Gasteiger partial charge >= 0.3 is 0 Å². The maximum Gasteiger partial charge on any atom is 0.0585 e. The molecule has 0 aromatic heterocycles. The van der Waals surface area contributed by atoms with Gasteiger partial charge in [-0.3, -0.25) is 0 Å². The van der Waals surface area contributed by atoms with Gasteiger partial charge in [0.25, 0.3) is 0 Å². The van der Waals surface area contributed by atoms with E-state index in [1.165, 1.54) is 6.42 Å². The van der Waals surface area contributed by atoms with Crippen LogP contribution in [0.4, 0.5) is 11.4 Å². The third-order valence-electron chi connectivity index (χ3n) is 3.27. The number of anilines is 2. The van der Waals surface area contributed by atoms with Gasteiger partial charge in [-0.1, -0.05) is 29.8 Å². The monoisotopic (exact) mass is 268 g/mol. The van der Waals surface area contributed by atoms with Crippen LogP contribution in [0.2, 0.25) is 0 Å². The Hall–Kier alpha value is -0.700. The van der Waals surface area contributed by atoms with Crippen LogP contribution in [0.3, 0.4) is 0 Å². The number of nitrogens with one attached hydrogen (secondary N) is 1. The molecule has 82 valence electrons.